The van der Waals surface area contributed by atoms with Crippen LogP contribution in [-0.2, 0) is 18.4 Å². The molecule has 0 rings (SSSR count). The third-order valence-electron chi connectivity index (χ3n) is 8.35. The number of aliphatic hydroxyl groups is 1. The number of rotatable bonds is 35. The number of carbonyl (C=O) groups excluding carboxylic acids is 1. The van der Waals surface area contributed by atoms with E-state index in [-0.39, 0.29) is 19.1 Å². The first-order valence-corrected chi connectivity index (χ1v) is 22.1. The number of unbranched alkanes of at least 4 members (excludes halogenated alkanes) is 6. The van der Waals surface area contributed by atoms with Gasteiger partial charge in [-0.1, -0.05) is 143 Å². The Hall–Kier alpha value is -2.58. The minimum atomic E-state index is -4.32. The van der Waals surface area contributed by atoms with Crippen molar-refractivity contribution in [2.24, 2.45) is 0 Å². The van der Waals surface area contributed by atoms with Crippen molar-refractivity contribution in [3.8, 4) is 0 Å². The van der Waals surface area contributed by atoms with E-state index in [9.17, 15) is 19.4 Å². The Morgan fingerprint density at radius 2 is 1.11 bits per heavy atom. The Bertz CT molecular complexity index is 1190. The van der Waals surface area contributed by atoms with Crippen LogP contribution in [0.25, 0.3) is 0 Å². The zero-order chi connectivity index (χ0) is 40.0. The maximum absolute atomic E-state index is 12.7. The predicted octanol–water partition coefficient (Wildman–Crippen LogP) is 11.2. The Balaban J connectivity index is 4.25. The van der Waals surface area contributed by atoms with E-state index in [0.29, 0.717) is 30.3 Å². The van der Waals surface area contributed by atoms with Crippen LogP contribution >= 0.6 is 7.82 Å². The molecule has 0 aromatic heterocycles. The van der Waals surface area contributed by atoms with Crippen LogP contribution in [0.2, 0.25) is 0 Å². The van der Waals surface area contributed by atoms with E-state index in [1.165, 1.54) is 0 Å². The van der Waals surface area contributed by atoms with E-state index >= 15 is 0 Å². The van der Waals surface area contributed by atoms with Crippen LogP contribution in [0.4, 0.5) is 0 Å². The first kappa shape index (κ1) is 51.4. The van der Waals surface area contributed by atoms with E-state index in [4.69, 9.17) is 9.05 Å². The fourth-order valence-corrected chi connectivity index (χ4v) is 5.79. The molecule has 54 heavy (non-hydrogen) atoms. The van der Waals surface area contributed by atoms with Gasteiger partial charge in [-0.3, -0.25) is 13.8 Å². The third-order valence-corrected chi connectivity index (χ3v) is 9.33. The summed E-state index contributed by atoms with van der Waals surface area (Å²) in [6.45, 7) is 4.60. The van der Waals surface area contributed by atoms with Crippen LogP contribution < -0.4 is 5.32 Å². The quantitative estimate of drug-likeness (QED) is 0.0256. The maximum Gasteiger partial charge on any atom is 0.472 e. The second kappa shape index (κ2) is 36.1. The lowest BCUT2D eigenvalue weighted by Gasteiger charge is -2.26. The zero-order valence-electron chi connectivity index (χ0n) is 34.7. The van der Waals surface area contributed by atoms with Crippen LogP contribution in [-0.4, -0.2) is 73.4 Å². The van der Waals surface area contributed by atoms with Crippen molar-refractivity contribution in [2.75, 3.05) is 40.9 Å². The smallest absolute Gasteiger partial charge is 0.391 e. The van der Waals surface area contributed by atoms with Gasteiger partial charge < -0.3 is 19.8 Å². The monoisotopic (exact) mass is 774 g/mol. The predicted molar refractivity (Wildman–Crippen MR) is 230 cm³/mol. The highest BCUT2D eigenvalue weighted by molar-refractivity contribution is 7.47. The highest BCUT2D eigenvalue weighted by atomic mass is 31.2. The summed E-state index contributed by atoms with van der Waals surface area (Å²) in [6.07, 6.45) is 50.6. The van der Waals surface area contributed by atoms with E-state index in [2.05, 4.69) is 116 Å². The number of carbonyl (C=O) groups is 1. The van der Waals surface area contributed by atoms with Gasteiger partial charge in [0.15, 0.2) is 0 Å². The fourth-order valence-electron chi connectivity index (χ4n) is 5.06. The largest absolute Gasteiger partial charge is 0.472 e. The highest BCUT2D eigenvalue weighted by Gasteiger charge is 2.28. The summed E-state index contributed by atoms with van der Waals surface area (Å²) < 4.78 is 23.3. The van der Waals surface area contributed by atoms with Crippen LogP contribution in [0.3, 0.4) is 0 Å². The second-order valence-corrected chi connectivity index (χ2v) is 16.1. The molecule has 9 heteroatoms. The van der Waals surface area contributed by atoms with E-state index in [1.807, 2.05) is 21.1 Å². The van der Waals surface area contributed by atoms with Crippen molar-refractivity contribution in [1.82, 2.24) is 5.32 Å². The number of amides is 1. The summed E-state index contributed by atoms with van der Waals surface area (Å²) in [5.41, 5.74) is 0. The van der Waals surface area contributed by atoms with Gasteiger partial charge in [-0.2, -0.15) is 0 Å². The van der Waals surface area contributed by atoms with E-state index < -0.39 is 20.0 Å². The Morgan fingerprint density at radius 3 is 1.57 bits per heavy atom. The molecule has 0 aliphatic heterocycles. The molecule has 1 amide bonds. The fraction of sp³-hybridized carbons (Fsp3) is 0.622. The van der Waals surface area contributed by atoms with Gasteiger partial charge in [0.05, 0.1) is 39.9 Å². The van der Waals surface area contributed by atoms with E-state index in [0.717, 1.165) is 96.3 Å². The molecular formula is C45H78N2O6P+. The van der Waals surface area contributed by atoms with Gasteiger partial charge in [0.25, 0.3) is 0 Å². The number of allylic oxidation sites excluding steroid dienone is 16. The number of nitrogens with zero attached hydrogens (tertiary/aromatic N) is 1. The number of phosphoric acid groups is 1. The van der Waals surface area contributed by atoms with Crippen molar-refractivity contribution in [1.29, 1.82) is 0 Å². The van der Waals surface area contributed by atoms with Crippen LogP contribution in [0, 0.1) is 0 Å². The van der Waals surface area contributed by atoms with Crippen molar-refractivity contribution < 1.29 is 32.9 Å². The molecule has 308 valence electrons. The van der Waals surface area contributed by atoms with Crippen LogP contribution in [0.1, 0.15) is 129 Å². The van der Waals surface area contributed by atoms with Gasteiger partial charge in [-0.25, -0.2) is 4.57 Å². The Labute approximate surface area is 330 Å². The molecular weight excluding hydrogens is 695 g/mol. The molecule has 3 N–H and O–H groups in total. The third kappa shape index (κ3) is 37.7. The first-order chi connectivity index (χ1) is 26.0. The lowest BCUT2D eigenvalue weighted by molar-refractivity contribution is -0.870. The zero-order valence-corrected chi connectivity index (χ0v) is 35.6. The normalized spacial score (nSPS) is 15.5. The molecule has 0 saturated heterocycles. The number of quaternary nitrogens is 1. The molecule has 3 unspecified atom stereocenters. The summed E-state index contributed by atoms with van der Waals surface area (Å²) in [5, 5.41) is 13.7. The average Bonchev–Trinajstić information content (AvgIpc) is 3.12. The Morgan fingerprint density at radius 1 is 0.648 bits per heavy atom. The summed E-state index contributed by atoms with van der Waals surface area (Å²) in [6, 6.07) is -0.786. The maximum atomic E-state index is 12.7. The molecule has 0 fully saturated rings. The summed E-state index contributed by atoms with van der Waals surface area (Å²) in [5.74, 6) is -0.200. The van der Waals surface area contributed by atoms with Gasteiger partial charge >= 0.3 is 7.82 Å². The van der Waals surface area contributed by atoms with Crippen molar-refractivity contribution in [2.45, 2.75) is 142 Å². The summed E-state index contributed by atoms with van der Waals surface area (Å²) in [4.78, 5) is 22.9. The number of aliphatic hydroxyl groups excluding tert-OH is 1. The summed E-state index contributed by atoms with van der Waals surface area (Å²) in [7, 11) is 1.56. The molecule has 3 atom stereocenters. The average molecular weight is 774 g/mol. The molecule has 0 aliphatic rings. The van der Waals surface area contributed by atoms with E-state index in [1.54, 1.807) is 0 Å². The van der Waals surface area contributed by atoms with Gasteiger partial charge in [0.1, 0.15) is 13.2 Å². The Kier molecular flexibility index (Phi) is 34.4. The number of likely N-dealkylation sites (N-methyl/N-ethyl adjacent to an activating group) is 1. The molecule has 0 heterocycles. The minimum absolute atomic E-state index is 0.0589. The molecule has 0 radical (unpaired) electrons. The summed E-state index contributed by atoms with van der Waals surface area (Å²) >= 11 is 0. The molecule has 0 aliphatic carbocycles. The number of phosphoric ester groups is 1. The number of nitrogens with one attached hydrogen (secondary N) is 1. The lowest BCUT2D eigenvalue weighted by Crippen LogP contribution is -2.46. The first-order valence-electron chi connectivity index (χ1n) is 20.6. The molecule has 0 spiro atoms. The molecule has 0 aromatic carbocycles. The SMILES string of the molecule is CC/C=C\C/C=C\C/C=C\C/C=C\C/C=C\C/C=C\C/C=C\C/C=C\CCCCC(=O)NC(COP(=O)(O)OCC[N+](C)(C)C)C(O)CCCCCCC. The lowest BCUT2D eigenvalue weighted by atomic mass is 10.0. The molecule has 0 saturated carbocycles. The van der Waals surface area contributed by atoms with Gasteiger partial charge in [-0.05, 0) is 77.0 Å². The standard InChI is InChI=1S/C45H77N2O6P/c1-6-8-10-12-13-14-15-16-17-18-19-20-21-22-23-24-25-26-27-28-29-30-31-32-33-35-37-39-45(49)46-43(44(48)38-36-34-11-9-7-2)42-53-54(50,51)52-41-40-47(3,4)5/h8,10,13-14,16-17,19-20,22-23,25-26,28-29,31-32,43-44,48H,6-7,9,11-12,15,18,21,24,27,30,33-42H2,1-5H3,(H-,46,49,50,51)/p+1/b10-8-,14-13-,17-16-,20-19-,23-22-,26-25-,29-28-,32-31-. The van der Waals surface area contributed by atoms with Crippen molar-refractivity contribution in [3.63, 3.8) is 0 Å². The molecule has 8 nitrogen and oxygen atoms in total. The molecule has 0 bridgehead atoms. The van der Waals surface area contributed by atoms with Crippen molar-refractivity contribution >= 4 is 13.7 Å². The number of hydrogen-bond donors (Lipinski definition) is 3. The molecule has 0 aromatic rings. The van der Waals surface area contributed by atoms with Crippen LogP contribution in [0.5, 0.6) is 0 Å². The van der Waals surface area contributed by atoms with Gasteiger partial charge in [0, 0.05) is 6.42 Å². The number of hydrogen-bond acceptors (Lipinski definition) is 5. The van der Waals surface area contributed by atoms with Gasteiger partial charge in [0.2, 0.25) is 5.91 Å². The van der Waals surface area contributed by atoms with Crippen LogP contribution in [0.15, 0.2) is 97.2 Å². The van der Waals surface area contributed by atoms with Gasteiger partial charge in [-0.15, -0.1) is 0 Å². The van der Waals surface area contributed by atoms with Crippen molar-refractivity contribution in [3.05, 3.63) is 97.2 Å². The topological polar surface area (TPSA) is 105 Å². The second-order valence-electron chi connectivity index (χ2n) is 14.6. The minimum Gasteiger partial charge on any atom is -0.391 e. The highest BCUT2D eigenvalue weighted by Crippen LogP contribution is 2.43.